The van der Waals surface area contributed by atoms with Gasteiger partial charge in [0.1, 0.15) is 5.75 Å². The summed E-state index contributed by atoms with van der Waals surface area (Å²) in [5.74, 6) is 0.539. The Morgan fingerprint density at radius 2 is 1.25 bits per heavy atom. The number of nitrogens with zero attached hydrogens (tertiary/aromatic N) is 1. The van der Waals surface area contributed by atoms with Crippen molar-refractivity contribution in [2.75, 3.05) is 13.6 Å². The van der Waals surface area contributed by atoms with Crippen LogP contribution in [0, 0.1) is 0 Å². The van der Waals surface area contributed by atoms with Crippen LogP contribution in [-0.2, 0) is 11.2 Å². The van der Waals surface area contributed by atoms with E-state index >= 15 is 0 Å². The zero-order valence-electron chi connectivity index (χ0n) is 18.4. The van der Waals surface area contributed by atoms with Crippen LogP contribution in [-0.4, -0.2) is 29.5 Å². The molecule has 0 unspecified atom stereocenters. The monoisotopic (exact) mass is 389 g/mol. The van der Waals surface area contributed by atoms with E-state index in [1.54, 1.807) is 12.1 Å². The minimum Gasteiger partial charge on any atom is -0.508 e. The van der Waals surface area contributed by atoms with Gasteiger partial charge >= 0.3 is 0 Å². The van der Waals surface area contributed by atoms with Crippen LogP contribution >= 0.6 is 0 Å². The van der Waals surface area contributed by atoms with Crippen LogP contribution in [0.1, 0.15) is 102 Å². The number of hydrogen-bond acceptors (Lipinski definition) is 2. The van der Waals surface area contributed by atoms with Gasteiger partial charge in [-0.15, -0.1) is 0 Å². The first kappa shape index (κ1) is 24.5. The average Bonchev–Trinajstić information content (AvgIpc) is 2.70. The highest BCUT2D eigenvalue weighted by Gasteiger charge is 2.08. The molecule has 0 spiro atoms. The van der Waals surface area contributed by atoms with Gasteiger partial charge in [0.25, 0.3) is 0 Å². The lowest BCUT2D eigenvalue weighted by Gasteiger charge is -2.17. The fourth-order valence-electron chi connectivity index (χ4n) is 3.57. The van der Waals surface area contributed by atoms with Crippen molar-refractivity contribution < 1.29 is 9.90 Å². The molecule has 0 radical (unpaired) electrons. The first-order valence-electron chi connectivity index (χ1n) is 11.7. The molecule has 1 amide bonds. The third-order valence-electron chi connectivity index (χ3n) is 5.59. The van der Waals surface area contributed by atoms with Gasteiger partial charge in [-0.3, -0.25) is 4.79 Å². The van der Waals surface area contributed by atoms with Gasteiger partial charge in [0.2, 0.25) is 5.91 Å². The maximum absolute atomic E-state index is 12.2. The van der Waals surface area contributed by atoms with Gasteiger partial charge < -0.3 is 10.0 Å². The molecule has 1 rings (SSSR count). The highest BCUT2D eigenvalue weighted by Crippen LogP contribution is 2.14. The number of unbranched alkanes of at least 4 members (excludes halogenated alkanes) is 12. The van der Waals surface area contributed by atoms with E-state index < -0.39 is 0 Å². The van der Waals surface area contributed by atoms with Crippen molar-refractivity contribution in [1.82, 2.24) is 4.90 Å². The van der Waals surface area contributed by atoms with Crippen LogP contribution in [0.25, 0.3) is 0 Å². The molecule has 1 N–H and O–H groups in total. The van der Waals surface area contributed by atoms with E-state index in [4.69, 9.17) is 0 Å². The number of hydrogen-bond donors (Lipinski definition) is 1. The number of carbonyl (C=O) groups excluding carboxylic acids is 1. The summed E-state index contributed by atoms with van der Waals surface area (Å²) in [7, 11) is 1.89. The summed E-state index contributed by atoms with van der Waals surface area (Å²) in [5.41, 5.74) is 1.15. The van der Waals surface area contributed by atoms with Crippen molar-refractivity contribution in [3.05, 3.63) is 29.8 Å². The molecular weight excluding hydrogens is 346 g/mol. The summed E-state index contributed by atoms with van der Waals surface area (Å²) in [6.07, 6.45) is 18.8. The minimum atomic E-state index is 0.252. The van der Waals surface area contributed by atoms with Crippen LogP contribution < -0.4 is 0 Å². The summed E-state index contributed by atoms with van der Waals surface area (Å²) in [6.45, 7) is 3.01. The van der Waals surface area contributed by atoms with Gasteiger partial charge in [0.05, 0.1) is 0 Å². The van der Waals surface area contributed by atoms with Crippen molar-refractivity contribution in [2.24, 2.45) is 0 Å². The first-order chi connectivity index (χ1) is 13.6. The second-order valence-corrected chi connectivity index (χ2v) is 8.22. The molecule has 0 aliphatic rings. The van der Waals surface area contributed by atoms with Crippen LogP contribution in [0.3, 0.4) is 0 Å². The quantitative estimate of drug-likeness (QED) is 0.295. The predicted octanol–water partition coefficient (Wildman–Crippen LogP) is 6.87. The van der Waals surface area contributed by atoms with Crippen molar-refractivity contribution in [2.45, 2.75) is 103 Å². The van der Waals surface area contributed by atoms with Crippen molar-refractivity contribution in [3.63, 3.8) is 0 Å². The van der Waals surface area contributed by atoms with E-state index in [1.165, 1.54) is 77.0 Å². The fourth-order valence-corrected chi connectivity index (χ4v) is 3.57. The Hall–Kier alpha value is -1.51. The lowest BCUT2D eigenvalue weighted by molar-refractivity contribution is -0.130. The van der Waals surface area contributed by atoms with E-state index in [9.17, 15) is 9.90 Å². The highest BCUT2D eigenvalue weighted by molar-refractivity contribution is 5.75. The second kappa shape index (κ2) is 16.4. The summed E-state index contributed by atoms with van der Waals surface area (Å²) in [4.78, 5) is 14.0. The molecular formula is C25H43NO2. The Kier molecular flexibility index (Phi) is 14.4. The summed E-state index contributed by atoms with van der Waals surface area (Å²) < 4.78 is 0. The summed E-state index contributed by atoms with van der Waals surface area (Å²) >= 11 is 0. The Morgan fingerprint density at radius 1 is 0.786 bits per heavy atom. The van der Waals surface area contributed by atoms with Crippen LogP contribution in [0.5, 0.6) is 5.75 Å². The molecule has 3 heteroatoms. The lowest BCUT2D eigenvalue weighted by atomic mass is 10.0. The first-order valence-corrected chi connectivity index (χ1v) is 11.7. The number of carbonyl (C=O) groups is 1. The average molecular weight is 390 g/mol. The molecule has 1 aromatic carbocycles. The zero-order chi connectivity index (χ0) is 20.5. The Morgan fingerprint density at radius 3 is 1.75 bits per heavy atom. The van der Waals surface area contributed by atoms with Gasteiger partial charge in [0.15, 0.2) is 0 Å². The molecule has 0 saturated carbocycles. The third-order valence-corrected chi connectivity index (χ3v) is 5.59. The van der Waals surface area contributed by atoms with E-state index in [0.717, 1.165) is 24.9 Å². The normalized spacial score (nSPS) is 10.9. The number of amides is 1. The maximum atomic E-state index is 12.2. The molecule has 0 heterocycles. The Bertz CT molecular complexity index is 498. The SMILES string of the molecule is CCCCCCCCCCCCCCCC(=O)N(C)CCc1ccc(O)cc1. The summed E-state index contributed by atoms with van der Waals surface area (Å²) in [6, 6.07) is 7.23. The number of aromatic hydroxyl groups is 1. The Labute approximate surface area is 173 Å². The van der Waals surface area contributed by atoms with E-state index in [2.05, 4.69) is 6.92 Å². The van der Waals surface area contributed by atoms with Gasteiger partial charge in [-0.25, -0.2) is 0 Å². The topological polar surface area (TPSA) is 40.5 Å². The molecule has 3 nitrogen and oxygen atoms in total. The molecule has 0 fully saturated rings. The third kappa shape index (κ3) is 12.8. The molecule has 0 bridgehead atoms. The molecule has 28 heavy (non-hydrogen) atoms. The maximum Gasteiger partial charge on any atom is 0.222 e. The minimum absolute atomic E-state index is 0.252. The van der Waals surface area contributed by atoms with Crippen LogP contribution in [0.4, 0.5) is 0 Å². The Balaban J connectivity index is 1.91. The number of likely N-dealkylation sites (N-methyl/N-ethyl adjacent to an activating group) is 1. The lowest BCUT2D eigenvalue weighted by Crippen LogP contribution is -2.28. The molecule has 0 atom stereocenters. The highest BCUT2D eigenvalue weighted by atomic mass is 16.3. The molecule has 0 aromatic heterocycles. The smallest absolute Gasteiger partial charge is 0.222 e. The van der Waals surface area contributed by atoms with Gasteiger partial charge in [-0.2, -0.15) is 0 Å². The van der Waals surface area contributed by atoms with E-state index in [0.29, 0.717) is 6.42 Å². The molecule has 1 aromatic rings. The number of rotatable bonds is 17. The molecule has 160 valence electrons. The predicted molar refractivity (Wildman–Crippen MR) is 120 cm³/mol. The number of phenols is 1. The van der Waals surface area contributed by atoms with Crippen molar-refractivity contribution >= 4 is 5.91 Å². The van der Waals surface area contributed by atoms with Gasteiger partial charge in [0, 0.05) is 20.0 Å². The summed E-state index contributed by atoms with van der Waals surface area (Å²) in [5, 5.41) is 9.31. The van der Waals surface area contributed by atoms with Crippen LogP contribution in [0.2, 0.25) is 0 Å². The fraction of sp³-hybridized carbons (Fsp3) is 0.720. The molecule has 0 aliphatic carbocycles. The number of phenolic OH excluding ortho intramolecular Hbond substituents is 1. The standard InChI is InChI=1S/C25H43NO2/c1-3-4-5-6-7-8-9-10-11-12-13-14-15-16-25(28)26(2)22-21-23-17-19-24(27)20-18-23/h17-20,27H,3-16,21-22H2,1-2H3. The van der Waals surface area contributed by atoms with Gasteiger partial charge in [-0.1, -0.05) is 96.1 Å². The van der Waals surface area contributed by atoms with Crippen molar-refractivity contribution in [1.29, 1.82) is 0 Å². The number of benzene rings is 1. The van der Waals surface area contributed by atoms with Crippen molar-refractivity contribution in [3.8, 4) is 5.75 Å². The second-order valence-electron chi connectivity index (χ2n) is 8.22. The molecule has 0 aliphatic heterocycles. The van der Waals surface area contributed by atoms with E-state index in [-0.39, 0.29) is 11.7 Å². The molecule has 0 saturated heterocycles. The van der Waals surface area contributed by atoms with E-state index in [1.807, 2.05) is 24.1 Å². The zero-order valence-corrected chi connectivity index (χ0v) is 18.4. The van der Waals surface area contributed by atoms with Gasteiger partial charge in [-0.05, 0) is 30.5 Å². The largest absolute Gasteiger partial charge is 0.508 e. The van der Waals surface area contributed by atoms with Crippen LogP contribution in [0.15, 0.2) is 24.3 Å².